The molecule has 0 bridgehead atoms. The number of benzene rings is 2. The molecule has 0 aliphatic heterocycles. The van der Waals surface area contributed by atoms with Crippen molar-refractivity contribution in [1.82, 2.24) is 0 Å². The second-order valence-electron chi connectivity index (χ2n) is 3.94. The first-order chi connectivity index (χ1) is 9.33. The lowest BCUT2D eigenvalue weighted by Gasteiger charge is -2.12. The molecule has 106 valence electrons. The number of alkyl halides is 3. The van der Waals surface area contributed by atoms with Gasteiger partial charge in [-0.2, -0.15) is 0 Å². The summed E-state index contributed by atoms with van der Waals surface area (Å²) < 4.78 is 41.0. The van der Waals surface area contributed by atoms with E-state index in [4.69, 9.17) is 5.73 Å². The Bertz CT molecular complexity index is 617. The third kappa shape index (κ3) is 4.06. The van der Waals surface area contributed by atoms with Gasteiger partial charge in [-0.1, -0.05) is 6.07 Å². The fourth-order valence-corrected chi connectivity index (χ4v) is 2.05. The molecule has 0 fully saturated rings. The molecule has 0 aliphatic rings. The van der Waals surface area contributed by atoms with E-state index >= 15 is 0 Å². The smallest absolute Gasteiger partial charge is 0.406 e. The Kier molecular flexibility index (Phi) is 4.08. The highest BCUT2D eigenvalue weighted by atomic mass is 79.9. The zero-order chi connectivity index (χ0) is 14.8. The summed E-state index contributed by atoms with van der Waals surface area (Å²) in [6.07, 6.45) is -4.71. The second kappa shape index (κ2) is 5.62. The fraction of sp³-hybridized carbons (Fsp3) is 0.0769. The van der Waals surface area contributed by atoms with Gasteiger partial charge in [0, 0.05) is 21.9 Å². The monoisotopic (exact) mass is 346 g/mol. The van der Waals surface area contributed by atoms with Crippen LogP contribution in [0.1, 0.15) is 0 Å². The van der Waals surface area contributed by atoms with E-state index in [0.29, 0.717) is 21.5 Å². The van der Waals surface area contributed by atoms with Gasteiger partial charge in [-0.3, -0.25) is 0 Å². The molecule has 0 unspecified atom stereocenters. The number of rotatable bonds is 3. The summed E-state index contributed by atoms with van der Waals surface area (Å²) in [5.41, 5.74) is 7.35. The maximum absolute atomic E-state index is 12.1. The van der Waals surface area contributed by atoms with Gasteiger partial charge < -0.3 is 15.8 Å². The SMILES string of the molecule is Nc1ccc(Nc2cccc(OC(F)(F)F)c2)c(Br)c1. The molecule has 2 aromatic rings. The van der Waals surface area contributed by atoms with Crippen LogP contribution >= 0.6 is 15.9 Å². The van der Waals surface area contributed by atoms with Gasteiger partial charge in [-0.05, 0) is 46.3 Å². The van der Waals surface area contributed by atoms with Gasteiger partial charge in [0.15, 0.2) is 0 Å². The average molecular weight is 347 g/mol. The van der Waals surface area contributed by atoms with Crippen LogP contribution in [0.4, 0.5) is 30.2 Å². The summed E-state index contributed by atoms with van der Waals surface area (Å²) in [7, 11) is 0. The van der Waals surface area contributed by atoms with E-state index in [0.717, 1.165) is 0 Å². The summed E-state index contributed by atoms with van der Waals surface area (Å²) in [5.74, 6) is -0.283. The van der Waals surface area contributed by atoms with E-state index in [1.54, 1.807) is 24.3 Å². The molecule has 2 aromatic carbocycles. The number of hydrogen-bond acceptors (Lipinski definition) is 3. The molecule has 0 atom stereocenters. The molecular formula is C13H10BrF3N2O. The van der Waals surface area contributed by atoms with Gasteiger partial charge in [0.05, 0.1) is 5.69 Å². The Morgan fingerprint density at radius 1 is 1.10 bits per heavy atom. The molecule has 3 N–H and O–H groups in total. The summed E-state index contributed by atoms with van der Waals surface area (Å²) in [6.45, 7) is 0. The topological polar surface area (TPSA) is 47.3 Å². The van der Waals surface area contributed by atoms with E-state index in [1.807, 2.05) is 0 Å². The van der Waals surface area contributed by atoms with Crippen molar-refractivity contribution >= 4 is 33.0 Å². The van der Waals surface area contributed by atoms with Crippen molar-refractivity contribution < 1.29 is 17.9 Å². The lowest BCUT2D eigenvalue weighted by molar-refractivity contribution is -0.274. The number of hydrogen-bond donors (Lipinski definition) is 2. The van der Waals surface area contributed by atoms with Crippen LogP contribution in [-0.2, 0) is 0 Å². The first kappa shape index (κ1) is 14.5. The van der Waals surface area contributed by atoms with Crippen LogP contribution in [0.15, 0.2) is 46.9 Å². The van der Waals surface area contributed by atoms with Gasteiger partial charge in [0.1, 0.15) is 5.75 Å². The predicted molar refractivity (Wildman–Crippen MR) is 75.0 cm³/mol. The Morgan fingerprint density at radius 3 is 2.50 bits per heavy atom. The van der Waals surface area contributed by atoms with Crippen molar-refractivity contribution in [3.8, 4) is 5.75 Å². The lowest BCUT2D eigenvalue weighted by Crippen LogP contribution is -2.17. The number of nitrogens with one attached hydrogen (secondary N) is 1. The second-order valence-corrected chi connectivity index (χ2v) is 4.79. The van der Waals surface area contributed by atoms with Crippen molar-refractivity contribution in [3.63, 3.8) is 0 Å². The van der Waals surface area contributed by atoms with Gasteiger partial charge in [-0.15, -0.1) is 13.2 Å². The lowest BCUT2D eigenvalue weighted by atomic mass is 10.2. The van der Waals surface area contributed by atoms with Crippen molar-refractivity contribution in [2.24, 2.45) is 0 Å². The Balaban J connectivity index is 2.19. The van der Waals surface area contributed by atoms with Crippen molar-refractivity contribution in [3.05, 3.63) is 46.9 Å². The molecule has 7 heteroatoms. The van der Waals surface area contributed by atoms with E-state index in [1.165, 1.54) is 18.2 Å². The predicted octanol–water partition coefficient (Wildman–Crippen LogP) is 4.67. The van der Waals surface area contributed by atoms with Crippen LogP contribution in [0.25, 0.3) is 0 Å². The minimum absolute atomic E-state index is 0.283. The van der Waals surface area contributed by atoms with Crippen LogP contribution in [0, 0.1) is 0 Å². The normalized spacial score (nSPS) is 11.2. The molecule has 0 radical (unpaired) electrons. The molecule has 0 spiro atoms. The molecule has 0 saturated heterocycles. The Morgan fingerprint density at radius 2 is 1.85 bits per heavy atom. The van der Waals surface area contributed by atoms with E-state index in [2.05, 4.69) is 26.0 Å². The maximum Gasteiger partial charge on any atom is 0.573 e. The number of anilines is 3. The summed E-state index contributed by atoms with van der Waals surface area (Å²) in [5, 5.41) is 2.98. The molecule has 0 heterocycles. The number of nitrogens with two attached hydrogens (primary N) is 1. The molecule has 20 heavy (non-hydrogen) atoms. The highest BCUT2D eigenvalue weighted by molar-refractivity contribution is 9.10. The minimum atomic E-state index is -4.71. The maximum atomic E-state index is 12.1. The zero-order valence-corrected chi connectivity index (χ0v) is 11.6. The molecule has 2 rings (SSSR count). The quantitative estimate of drug-likeness (QED) is 0.793. The standard InChI is InChI=1S/C13H10BrF3N2O/c14-11-6-8(18)4-5-12(11)19-9-2-1-3-10(7-9)20-13(15,16)17/h1-7,19H,18H2. The third-order valence-electron chi connectivity index (χ3n) is 2.34. The zero-order valence-electron chi connectivity index (χ0n) is 10.0. The summed E-state index contributed by atoms with van der Waals surface area (Å²) >= 11 is 3.32. The van der Waals surface area contributed by atoms with Crippen molar-refractivity contribution in [2.75, 3.05) is 11.1 Å². The van der Waals surface area contributed by atoms with Crippen LogP contribution in [-0.4, -0.2) is 6.36 Å². The first-order valence-corrected chi connectivity index (χ1v) is 6.31. The van der Waals surface area contributed by atoms with Crippen LogP contribution in [0.5, 0.6) is 5.75 Å². The van der Waals surface area contributed by atoms with Crippen molar-refractivity contribution in [1.29, 1.82) is 0 Å². The minimum Gasteiger partial charge on any atom is -0.406 e. The van der Waals surface area contributed by atoms with E-state index in [9.17, 15) is 13.2 Å². The van der Waals surface area contributed by atoms with E-state index in [-0.39, 0.29) is 5.75 Å². The fourth-order valence-electron chi connectivity index (χ4n) is 1.56. The number of nitrogen functional groups attached to an aromatic ring is 1. The van der Waals surface area contributed by atoms with Crippen LogP contribution < -0.4 is 15.8 Å². The van der Waals surface area contributed by atoms with Gasteiger partial charge >= 0.3 is 6.36 Å². The number of ether oxygens (including phenoxy) is 1. The molecule has 0 aromatic heterocycles. The third-order valence-corrected chi connectivity index (χ3v) is 3.00. The molecule has 0 saturated carbocycles. The largest absolute Gasteiger partial charge is 0.573 e. The Hall–Kier alpha value is -1.89. The summed E-state index contributed by atoms with van der Waals surface area (Å²) in [6, 6.07) is 10.7. The van der Waals surface area contributed by atoms with Crippen LogP contribution in [0.3, 0.4) is 0 Å². The van der Waals surface area contributed by atoms with Gasteiger partial charge in [0.2, 0.25) is 0 Å². The summed E-state index contributed by atoms with van der Waals surface area (Å²) in [4.78, 5) is 0. The Labute approximate surface area is 121 Å². The van der Waals surface area contributed by atoms with Gasteiger partial charge in [-0.25, -0.2) is 0 Å². The molecule has 3 nitrogen and oxygen atoms in total. The highest BCUT2D eigenvalue weighted by Gasteiger charge is 2.31. The van der Waals surface area contributed by atoms with E-state index < -0.39 is 6.36 Å². The molecule has 0 aliphatic carbocycles. The number of halogens is 4. The van der Waals surface area contributed by atoms with Crippen LogP contribution in [0.2, 0.25) is 0 Å². The molecular weight excluding hydrogens is 337 g/mol. The first-order valence-electron chi connectivity index (χ1n) is 5.51. The van der Waals surface area contributed by atoms with Gasteiger partial charge in [0.25, 0.3) is 0 Å². The average Bonchev–Trinajstić information content (AvgIpc) is 2.31. The molecule has 0 amide bonds. The highest BCUT2D eigenvalue weighted by Crippen LogP contribution is 2.30. The van der Waals surface area contributed by atoms with Crippen molar-refractivity contribution in [2.45, 2.75) is 6.36 Å².